The van der Waals surface area contributed by atoms with Crippen molar-refractivity contribution in [3.05, 3.63) is 47.0 Å². The number of nitrogens with one attached hydrogen (secondary N) is 1. The third kappa shape index (κ3) is 4.32. The van der Waals surface area contributed by atoms with Gasteiger partial charge in [0.2, 0.25) is 0 Å². The van der Waals surface area contributed by atoms with Crippen molar-refractivity contribution in [2.45, 2.75) is 26.3 Å². The first-order chi connectivity index (χ1) is 14.0. The fourth-order valence-electron chi connectivity index (χ4n) is 4.05. The molecule has 0 aliphatic carbocycles. The Morgan fingerprint density at radius 2 is 1.93 bits per heavy atom. The average molecular weight is 396 g/mol. The number of hydrogen-bond acceptors (Lipinski definition) is 5. The largest absolute Gasteiger partial charge is 0.352 e. The SMILES string of the molecule is Cc1cncc(C(=O)NCC2CCn3ncc(C(=O)N4CCN(C)CC4)c3C2)c1. The zero-order chi connectivity index (χ0) is 20.4. The molecular weight excluding hydrogens is 368 g/mol. The van der Waals surface area contributed by atoms with E-state index in [1.165, 1.54) is 0 Å². The molecule has 8 heteroatoms. The maximum Gasteiger partial charge on any atom is 0.257 e. The van der Waals surface area contributed by atoms with Gasteiger partial charge in [0.05, 0.1) is 23.0 Å². The Bertz CT molecular complexity index is 900. The van der Waals surface area contributed by atoms with E-state index in [-0.39, 0.29) is 11.8 Å². The lowest BCUT2D eigenvalue weighted by Crippen LogP contribution is -2.47. The first-order valence-electron chi connectivity index (χ1n) is 10.2. The van der Waals surface area contributed by atoms with E-state index in [0.717, 1.165) is 56.8 Å². The Morgan fingerprint density at radius 1 is 1.14 bits per heavy atom. The van der Waals surface area contributed by atoms with Crippen molar-refractivity contribution in [2.24, 2.45) is 5.92 Å². The smallest absolute Gasteiger partial charge is 0.257 e. The van der Waals surface area contributed by atoms with Gasteiger partial charge in [-0.3, -0.25) is 19.3 Å². The van der Waals surface area contributed by atoms with Crippen molar-refractivity contribution in [2.75, 3.05) is 39.8 Å². The number of carbonyl (C=O) groups excluding carboxylic acids is 2. The summed E-state index contributed by atoms with van der Waals surface area (Å²) >= 11 is 0. The minimum Gasteiger partial charge on any atom is -0.352 e. The number of fused-ring (bicyclic) bond motifs is 1. The van der Waals surface area contributed by atoms with Crippen molar-refractivity contribution in [3.8, 4) is 0 Å². The van der Waals surface area contributed by atoms with Crippen molar-refractivity contribution in [3.63, 3.8) is 0 Å². The van der Waals surface area contributed by atoms with E-state index in [9.17, 15) is 9.59 Å². The van der Waals surface area contributed by atoms with Gasteiger partial charge >= 0.3 is 0 Å². The maximum absolute atomic E-state index is 13.0. The molecule has 1 fully saturated rings. The number of piperazine rings is 1. The van der Waals surface area contributed by atoms with Crippen LogP contribution >= 0.6 is 0 Å². The van der Waals surface area contributed by atoms with E-state index in [0.29, 0.717) is 23.6 Å². The summed E-state index contributed by atoms with van der Waals surface area (Å²) in [7, 11) is 2.08. The number of amides is 2. The van der Waals surface area contributed by atoms with Crippen LogP contribution in [0.25, 0.3) is 0 Å². The molecule has 154 valence electrons. The van der Waals surface area contributed by atoms with Crippen LogP contribution < -0.4 is 5.32 Å². The summed E-state index contributed by atoms with van der Waals surface area (Å²) in [5, 5.41) is 7.46. The van der Waals surface area contributed by atoms with Crippen LogP contribution in [0.3, 0.4) is 0 Å². The van der Waals surface area contributed by atoms with Crippen LogP contribution in [-0.4, -0.2) is 76.2 Å². The summed E-state index contributed by atoms with van der Waals surface area (Å²) < 4.78 is 1.95. The highest BCUT2D eigenvalue weighted by Crippen LogP contribution is 2.24. The molecule has 0 saturated carbocycles. The quantitative estimate of drug-likeness (QED) is 0.833. The lowest BCUT2D eigenvalue weighted by Gasteiger charge is -2.32. The number of pyridine rings is 1. The zero-order valence-electron chi connectivity index (χ0n) is 17.1. The summed E-state index contributed by atoms with van der Waals surface area (Å²) in [4.78, 5) is 33.7. The molecule has 2 aromatic heterocycles. The fourth-order valence-corrected chi connectivity index (χ4v) is 4.05. The van der Waals surface area contributed by atoms with Gasteiger partial charge in [0.15, 0.2) is 0 Å². The third-order valence-corrected chi connectivity index (χ3v) is 5.89. The molecule has 4 heterocycles. The fraction of sp³-hybridized carbons (Fsp3) is 0.524. The monoisotopic (exact) mass is 396 g/mol. The minimum atomic E-state index is -0.103. The van der Waals surface area contributed by atoms with Gasteiger partial charge in [-0.2, -0.15) is 5.10 Å². The van der Waals surface area contributed by atoms with E-state index < -0.39 is 0 Å². The Kier molecular flexibility index (Phi) is 5.62. The van der Waals surface area contributed by atoms with Gasteiger partial charge in [0.25, 0.3) is 11.8 Å². The lowest BCUT2D eigenvalue weighted by atomic mass is 9.94. The standard InChI is InChI=1S/C21H28N6O2/c1-15-9-17(13-22-11-15)20(28)23-12-16-3-4-27-19(10-16)18(14-24-27)21(29)26-7-5-25(2)6-8-26/h9,11,13-14,16H,3-8,10,12H2,1-2H3,(H,23,28). The number of aromatic nitrogens is 3. The minimum absolute atomic E-state index is 0.0786. The highest BCUT2D eigenvalue weighted by molar-refractivity contribution is 5.95. The van der Waals surface area contributed by atoms with Crippen LogP contribution in [0.1, 0.15) is 38.4 Å². The number of aryl methyl sites for hydroxylation is 2. The summed E-state index contributed by atoms with van der Waals surface area (Å²) in [6, 6.07) is 1.84. The number of likely N-dealkylation sites (N-methyl/N-ethyl adjacent to an activating group) is 1. The normalized spacial score (nSPS) is 19.7. The Balaban J connectivity index is 1.39. The number of rotatable bonds is 4. The molecule has 2 aliphatic rings. The predicted octanol–water partition coefficient (Wildman–Crippen LogP) is 0.967. The molecule has 0 spiro atoms. The first kappa shape index (κ1) is 19.6. The molecule has 2 amide bonds. The van der Waals surface area contributed by atoms with Crippen molar-refractivity contribution < 1.29 is 9.59 Å². The first-order valence-corrected chi connectivity index (χ1v) is 10.2. The van der Waals surface area contributed by atoms with Crippen LogP contribution in [-0.2, 0) is 13.0 Å². The summed E-state index contributed by atoms with van der Waals surface area (Å²) in [6.07, 6.45) is 6.72. The Hall–Kier alpha value is -2.74. The number of nitrogens with zero attached hydrogens (tertiary/aromatic N) is 5. The van der Waals surface area contributed by atoms with Crippen LogP contribution in [0.2, 0.25) is 0 Å². The molecule has 29 heavy (non-hydrogen) atoms. The Morgan fingerprint density at radius 3 is 2.69 bits per heavy atom. The molecule has 1 saturated heterocycles. The van der Waals surface area contributed by atoms with Gasteiger partial charge in [0, 0.05) is 51.7 Å². The van der Waals surface area contributed by atoms with Crippen molar-refractivity contribution >= 4 is 11.8 Å². The van der Waals surface area contributed by atoms with E-state index in [1.807, 2.05) is 22.6 Å². The third-order valence-electron chi connectivity index (χ3n) is 5.89. The van der Waals surface area contributed by atoms with E-state index in [4.69, 9.17) is 0 Å². The zero-order valence-corrected chi connectivity index (χ0v) is 17.1. The molecule has 0 aromatic carbocycles. The molecule has 8 nitrogen and oxygen atoms in total. The molecular formula is C21H28N6O2. The highest BCUT2D eigenvalue weighted by atomic mass is 16.2. The summed E-state index contributed by atoms with van der Waals surface area (Å²) in [5.74, 6) is 0.267. The van der Waals surface area contributed by atoms with Crippen molar-refractivity contribution in [1.29, 1.82) is 0 Å². The summed E-state index contributed by atoms with van der Waals surface area (Å²) in [6.45, 7) is 6.59. The van der Waals surface area contributed by atoms with Gasteiger partial charge in [0.1, 0.15) is 0 Å². The number of carbonyl (C=O) groups is 2. The molecule has 1 atom stereocenters. The lowest BCUT2D eigenvalue weighted by molar-refractivity contribution is 0.0661. The number of hydrogen-bond donors (Lipinski definition) is 1. The predicted molar refractivity (Wildman–Crippen MR) is 109 cm³/mol. The van der Waals surface area contributed by atoms with Crippen LogP contribution in [0.15, 0.2) is 24.7 Å². The second-order valence-corrected chi connectivity index (χ2v) is 8.14. The van der Waals surface area contributed by atoms with E-state index in [1.54, 1.807) is 18.6 Å². The molecule has 4 rings (SSSR count). The molecule has 1 unspecified atom stereocenters. The van der Waals surface area contributed by atoms with Gasteiger partial charge in [-0.1, -0.05) is 0 Å². The van der Waals surface area contributed by atoms with E-state index in [2.05, 4.69) is 27.3 Å². The van der Waals surface area contributed by atoms with Crippen molar-refractivity contribution in [1.82, 2.24) is 29.9 Å². The molecule has 0 bridgehead atoms. The molecule has 1 N–H and O–H groups in total. The average Bonchev–Trinajstić information content (AvgIpc) is 3.15. The Labute approximate surface area is 170 Å². The van der Waals surface area contributed by atoms with Crippen LogP contribution in [0, 0.1) is 12.8 Å². The van der Waals surface area contributed by atoms with Crippen LogP contribution in [0.5, 0.6) is 0 Å². The highest BCUT2D eigenvalue weighted by Gasteiger charge is 2.29. The maximum atomic E-state index is 13.0. The van der Waals surface area contributed by atoms with Crippen LogP contribution in [0.4, 0.5) is 0 Å². The summed E-state index contributed by atoms with van der Waals surface area (Å²) in [5.41, 5.74) is 3.26. The van der Waals surface area contributed by atoms with Gasteiger partial charge in [-0.15, -0.1) is 0 Å². The molecule has 0 radical (unpaired) electrons. The van der Waals surface area contributed by atoms with Gasteiger partial charge in [-0.25, -0.2) is 0 Å². The molecule has 2 aliphatic heterocycles. The van der Waals surface area contributed by atoms with Gasteiger partial charge < -0.3 is 15.1 Å². The second kappa shape index (κ2) is 8.32. The topological polar surface area (TPSA) is 83.4 Å². The van der Waals surface area contributed by atoms with Gasteiger partial charge in [-0.05, 0) is 44.4 Å². The van der Waals surface area contributed by atoms with E-state index >= 15 is 0 Å². The molecule has 2 aromatic rings. The second-order valence-electron chi connectivity index (χ2n) is 8.14.